The molecule has 0 bridgehead atoms. The Morgan fingerprint density at radius 3 is 1.90 bits per heavy atom. The van der Waals surface area contributed by atoms with Crippen LogP contribution in [0.3, 0.4) is 0 Å². The van der Waals surface area contributed by atoms with Gasteiger partial charge in [0.1, 0.15) is 5.41 Å². The number of hydrogen-bond donors (Lipinski definition) is 0. The van der Waals surface area contributed by atoms with Gasteiger partial charge in [0.25, 0.3) is 5.92 Å². The first-order valence-electron chi connectivity index (χ1n) is 5.94. The number of carbonyl (C=O) groups is 1. The summed E-state index contributed by atoms with van der Waals surface area (Å²) in [6, 6.07) is 0. The summed E-state index contributed by atoms with van der Waals surface area (Å²) in [6.45, 7) is 5.68. The third kappa shape index (κ3) is 3.49. The molecule has 0 aliphatic carbocycles. The maximum Gasteiger partial charge on any atom is 0.399 e. The molecule has 0 aromatic rings. The van der Waals surface area contributed by atoms with Crippen molar-refractivity contribution in [2.24, 2.45) is 10.8 Å². The van der Waals surface area contributed by atoms with E-state index in [1.807, 2.05) is 0 Å². The van der Waals surface area contributed by atoms with Crippen LogP contribution in [0.25, 0.3) is 0 Å². The molecule has 0 atom stereocenters. The summed E-state index contributed by atoms with van der Waals surface area (Å²) in [5.74, 6) is -4.84. The first-order chi connectivity index (χ1) is 8.70. The van der Waals surface area contributed by atoms with Gasteiger partial charge in [0.05, 0.1) is 6.61 Å². The van der Waals surface area contributed by atoms with Gasteiger partial charge in [0, 0.05) is 11.5 Å². The largest absolute Gasteiger partial charge is 0.463 e. The standard InChI is InChI=1S/C13H19F5O2/c1-6-9(19)20-8-7-10(2,3)12(14,15)11(4,5)13(16,17)18/h6H,1,7-8H2,2-5H3. The maximum absolute atomic E-state index is 14.2. The zero-order chi connectivity index (χ0) is 16.4. The van der Waals surface area contributed by atoms with Gasteiger partial charge in [-0.3, -0.25) is 0 Å². The molecule has 0 saturated carbocycles. The van der Waals surface area contributed by atoms with Gasteiger partial charge in [-0.2, -0.15) is 13.2 Å². The lowest BCUT2D eigenvalue weighted by atomic mass is 9.69. The first-order valence-corrected chi connectivity index (χ1v) is 5.94. The lowest BCUT2D eigenvalue weighted by Crippen LogP contribution is -2.55. The number of ether oxygens (including phenoxy) is 1. The molecule has 0 saturated heterocycles. The van der Waals surface area contributed by atoms with Crippen molar-refractivity contribution in [3.8, 4) is 0 Å². The van der Waals surface area contributed by atoms with E-state index >= 15 is 0 Å². The fraction of sp³-hybridized carbons (Fsp3) is 0.769. The molecule has 0 heterocycles. The highest BCUT2D eigenvalue weighted by Gasteiger charge is 2.68. The molecule has 0 radical (unpaired) electrons. The summed E-state index contributed by atoms with van der Waals surface area (Å²) in [7, 11) is 0. The van der Waals surface area contributed by atoms with Crippen LogP contribution in [-0.2, 0) is 9.53 Å². The third-order valence-electron chi connectivity index (χ3n) is 3.48. The van der Waals surface area contributed by atoms with Crippen molar-refractivity contribution in [3.63, 3.8) is 0 Å². The molecule has 2 nitrogen and oxygen atoms in total. The second-order valence-electron chi connectivity index (χ2n) is 5.70. The predicted molar refractivity (Wildman–Crippen MR) is 64.3 cm³/mol. The van der Waals surface area contributed by atoms with Crippen LogP contribution in [0.15, 0.2) is 12.7 Å². The fourth-order valence-corrected chi connectivity index (χ4v) is 1.65. The van der Waals surface area contributed by atoms with E-state index in [1.165, 1.54) is 0 Å². The summed E-state index contributed by atoms with van der Waals surface area (Å²) in [5.41, 5.74) is -5.18. The Balaban J connectivity index is 5.07. The molecule has 7 heteroatoms. The Kier molecular flexibility index (Phi) is 5.37. The number of esters is 1. The Morgan fingerprint density at radius 2 is 1.55 bits per heavy atom. The van der Waals surface area contributed by atoms with Crippen LogP contribution < -0.4 is 0 Å². The topological polar surface area (TPSA) is 26.3 Å². The highest BCUT2D eigenvalue weighted by atomic mass is 19.4. The Morgan fingerprint density at radius 1 is 1.10 bits per heavy atom. The monoisotopic (exact) mass is 302 g/mol. The molecule has 0 aromatic heterocycles. The van der Waals surface area contributed by atoms with Crippen molar-refractivity contribution in [3.05, 3.63) is 12.7 Å². The average molecular weight is 302 g/mol. The van der Waals surface area contributed by atoms with Gasteiger partial charge in [-0.15, -0.1) is 0 Å². The van der Waals surface area contributed by atoms with Crippen molar-refractivity contribution in [2.75, 3.05) is 6.61 Å². The molecule has 118 valence electrons. The highest BCUT2D eigenvalue weighted by Crippen LogP contribution is 2.57. The van der Waals surface area contributed by atoms with E-state index in [9.17, 15) is 26.7 Å². The van der Waals surface area contributed by atoms with Crippen LogP contribution in [-0.4, -0.2) is 24.7 Å². The predicted octanol–water partition coefficient (Wildman–Crippen LogP) is 4.36. The molecule has 0 rings (SSSR count). The van der Waals surface area contributed by atoms with Gasteiger partial charge in [0.15, 0.2) is 0 Å². The van der Waals surface area contributed by atoms with Gasteiger partial charge in [-0.05, 0) is 20.3 Å². The molecule has 0 aliphatic heterocycles. The normalized spacial score (nSPS) is 14.1. The molecular formula is C13H19F5O2. The number of halogens is 5. The molecule has 0 aliphatic rings. The summed E-state index contributed by atoms with van der Waals surface area (Å²) in [4.78, 5) is 10.8. The zero-order valence-corrected chi connectivity index (χ0v) is 11.9. The average Bonchev–Trinajstić information content (AvgIpc) is 2.26. The van der Waals surface area contributed by atoms with Gasteiger partial charge in [0.2, 0.25) is 0 Å². The van der Waals surface area contributed by atoms with E-state index in [0.29, 0.717) is 13.8 Å². The zero-order valence-electron chi connectivity index (χ0n) is 11.9. The van der Waals surface area contributed by atoms with Crippen LogP contribution in [0.2, 0.25) is 0 Å². The van der Waals surface area contributed by atoms with Crippen LogP contribution in [0.1, 0.15) is 34.1 Å². The number of alkyl halides is 5. The summed E-state index contributed by atoms with van der Waals surface area (Å²) in [5, 5.41) is 0. The molecule has 0 aromatic carbocycles. The SMILES string of the molecule is C=CC(=O)OCCC(C)(C)C(F)(F)C(C)(C)C(F)(F)F. The van der Waals surface area contributed by atoms with Crippen molar-refractivity contribution in [1.29, 1.82) is 0 Å². The molecule has 0 amide bonds. The molecule has 0 N–H and O–H groups in total. The van der Waals surface area contributed by atoms with Gasteiger partial charge in [-0.1, -0.05) is 20.4 Å². The molecule has 20 heavy (non-hydrogen) atoms. The van der Waals surface area contributed by atoms with E-state index in [1.54, 1.807) is 0 Å². The van der Waals surface area contributed by atoms with Gasteiger partial charge in [-0.25, -0.2) is 13.6 Å². The highest BCUT2D eigenvalue weighted by molar-refractivity contribution is 5.81. The smallest absolute Gasteiger partial charge is 0.399 e. The number of rotatable bonds is 6. The molecule has 0 unspecified atom stereocenters. The summed E-state index contributed by atoms with van der Waals surface area (Å²) < 4.78 is 71.3. The van der Waals surface area contributed by atoms with Crippen molar-refractivity contribution in [2.45, 2.75) is 46.2 Å². The molecular weight excluding hydrogens is 283 g/mol. The van der Waals surface area contributed by atoms with E-state index < -0.39 is 41.9 Å². The minimum absolute atomic E-state index is 0.401. The van der Waals surface area contributed by atoms with Gasteiger partial charge >= 0.3 is 12.1 Å². The summed E-state index contributed by atoms with van der Waals surface area (Å²) in [6.07, 6.45) is -4.60. The lowest BCUT2D eigenvalue weighted by Gasteiger charge is -2.44. The molecule has 0 spiro atoms. The molecule has 0 fully saturated rings. The lowest BCUT2D eigenvalue weighted by molar-refractivity contribution is -0.314. The fourth-order valence-electron chi connectivity index (χ4n) is 1.65. The van der Waals surface area contributed by atoms with Crippen LogP contribution in [0.5, 0.6) is 0 Å². The quantitative estimate of drug-likeness (QED) is 0.414. The van der Waals surface area contributed by atoms with Crippen LogP contribution in [0.4, 0.5) is 22.0 Å². The van der Waals surface area contributed by atoms with E-state index in [0.717, 1.165) is 19.9 Å². The van der Waals surface area contributed by atoms with Crippen molar-refractivity contribution >= 4 is 5.97 Å². The Bertz CT molecular complexity index is 369. The maximum atomic E-state index is 14.2. The Labute approximate surface area is 115 Å². The van der Waals surface area contributed by atoms with E-state index in [-0.39, 0.29) is 0 Å². The third-order valence-corrected chi connectivity index (χ3v) is 3.48. The van der Waals surface area contributed by atoms with Crippen molar-refractivity contribution in [1.82, 2.24) is 0 Å². The van der Waals surface area contributed by atoms with E-state index in [2.05, 4.69) is 11.3 Å². The number of hydrogen-bond acceptors (Lipinski definition) is 2. The first kappa shape index (κ1) is 18.9. The van der Waals surface area contributed by atoms with Gasteiger partial charge < -0.3 is 4.74 Å². The number of carbonyl (C=O) groups excluding carboxylic acids is 1. The second kappa shape index (κ2) is 5.69. The van der Waals surface area contributed by atoms with Crippen LogP contribution >= 0.6 is 0 Å². The van der Waals surface area contributed by atoms with Crippen molar-refractivity contribution < 1.29 is 31.5 Å². The van der Waals surface area contributed by atoms with Crippen LogP contribution in [0, 0.1) is 10.8 Å². The Hall–Kier alpha value is -1.14. The van der Waals surface area contributed by atoms with E-state index in [4.69, 9.17) is 0 Å². The second-order valence-corrected chi connectivity index (χ2v) is 5.70. The summed E-state index contributed by atoms with van der Waals surface area (Å²) >= 11 is 0. The minimum atomic E-state index is -5.05. The minimum Gasteiger partial charge on any atom is -0.463 e.